The van der Waals surface area contributed by atoms with E-state index in [1.165, 1.54) is 12.8 Å². The Bertz CT molecular complexity index is 607. The van der Waals surface area contributed by atoms with Gasteiger partial charge >= 0.3 is 0 Å². The lowest BCUT2D eigenvalue weighted by Gasteiger charge is -2.31. The first-order valence-electron chi connectivity index (χ1n) is 10.1. The van der Waals surface area contributed by atoms with Crippen LogP contribution in [0.1, 0.15) is 58.1 Å². The number of carbonyl (C=O) groups is 1. The lowest BCUT2D eigenvalue weighted by Crippen LogP contribution is -2.42. The summed E-state index contributed by atoms with van der Waals surface area (Å²) < 4.78 is 5.44. The summed E-state index contributed by atoms with van der Waals surface area (Å²) >= 11 is 0. The maximum atomic E-state index is 12.2. The van der Waals surface area contributed by atoms with Gasteiger partial charge in [-0.1, -0.05) is 19.1 Å². The van der Waals surface area contributed by atoms with E-state index in [4.69, 9.17) is 10.5 Å². The summed E-state index contributed by atoms with van der Waals surface area (Å²) in [6.07, 6.45) is 3.49. The van der Waals surface area contributed by atoms with Gasteiger partial charge in [0.15, 0.2) is 5.96 Å². The first kappa shape index (κ1) is 21.1. The summed E-state index contributed by atoms with van der Waals surface area (Å²) in [6, 6.07) is 7.80. The van der Waals surface area contributed by atoms with Crippen LogP contribution in [-0.4, -0.2) is 43.0 Å². The Balaban J connectivity index is 1.68. The van der Waals surface area contributed by atoms with Gasteiger partial charge in [-0.2, -0.15) is 0 Å². The van der Waals surface area contributed by atoms with E-state index in [1.807, 2.05) is 38.1 Å². The monoisotopic (exact) mass is 374 g/mol. The summed E-state index contributed by atoms with van der Waals surface area (Å²) in [6.45, 7) is 9.42. The van der Waals surface area contributed by atoms with E-state index in [0.717, 1.165) is 30.3 Å². The van der Waals surface area contributed by atoms with Crippen molar-refractivity contribution in [2.45, 2.75) is 52.5 Å². The third-order valence-electron chi connectivity index (χ3n) is 5.01. The van der Waals surface area contributed by atoms with E-state index in [-0.39, 0.29) is 11.9 Å². The van der Waals surface area contributed by atoms with Crippen molar-refractivity contribution in [2.24, 2.45) is 16.6 Å². The standard InChI is InChI=1S/C21H34N4O2/c1-4-27-19-9-7-18(8-10-19)17(3)24-20(26)6-5-13-23-21(22)25-14-11-16(2)12-15-25/h7-10,16-17H,4-6,11-15H2,1-3H3,(H2,22,23)(H,24,26). The van der Waals surface area contributed by atoms with Crippen LogP contribution in [0, 0.1) is 5.92 Å². The molecule has 0 bridgehead atoms. The van der Waals surface area contributed by atoms with Gasteiger partial charge in [-0.15, -0.1) is 0 Å². The fourth-order valence-corrected chi connectivity index (χ4v) is 3.19. The molecule has 3 N–H and O–H groups in total. The minimum Gasteiger partial charge on any atom is -0.494 e. The third-order valence-corrected chi connectivity index (χ3v) is 5.01. The van der Waals surface area contributed by atoms with Crippen molar-refractivity contribution in [1.29, 1.82) is 0 Å². The molecule has 1 amide bonds. The molecule has 1 aromatic rings. The van der Waals surface area contributed by atoms with E-state index < -0.39 is 0 Å². The molecule has 0 aliphatic carbocycles. The molecule has 6 nitrogen and oxygen atoms in total. The number of hydrogen-bond donors (Lipinski definition) is 2. The maximum Gasteiger partial charge on any atom is 0.220 e. The van der Waals surface area contributed by atoms with Crippen molar-refractivity contribution in [3.63, 3.8) is 0 Å². The molecule has 0 saturated carbocycles. The van der Waals surface area contributed by atoms with E-state index in [9.17, 15) is 4.79 Å². The highest BCUT2D eigenvalue weighted by atomic mass is 16.5. The number of nitrogens with one attached hydrogen (secondary N) is 1. The number of likely N-dealkylation sites (tertiary alicyclic amines) is 1. The average molecular weight is 375 g/mol. The maximum absolute atomic E-state index is 12.2. The number of nitrogens with zero attached hydrogens (tertiary/aromatic N) is 2. The van der Waals surface area contributed by atoms with Gasteiger partial charge in [0.1, 0.15) is 5.75 Å². The molecule has 27 heavy (non-hydrogen) atoms. The predicted octanol–water partition coefficient (Wildman–Crippen LogP) is 3.09. The number of hydrogen-bond acceptors (Lipinski definition) is 3. The van der Waals surface area contributed by atoms with E-state index >= 15 is 0 Å². The second-order valence-electron chi connectivity index (χ2n) is 7.30. The molecule has 1 saturated heterocycles. The van der Waals surface area contributed by atoms with Crippen LogP contribution in [0.2, 0.25) is 0 Å². The molecule has 0 spiro atoms. The van der Waals surface area contributed by atoms with Crippen molar-refractivity contribution in [3.05, 3.63) is 29.8 Å². The summed E-state index contributed by atoms with van der Waals surface area (Å²) in [7, 11) is 0. The number of amides is 1. The van der Waals surface area contributed by atoms with Gasteiger partial charge in [0.05, 0.1) is 12.6 Å². The fraction of sp³-hybridized carbons (Fsp3) is 0.619. The molecule has 150 valence electrons. The average Bonchev–Trinajstić information content (AvgIpc) is 2.66. The van der Waals surface area contributed by atoms with Crippen molar-refractivity contribution in [1.82, 2.24) is 10.2 Å². The highest BCUT2D eigenvalue weighted by molar-refractivity contribution is 5.78. The summed E-state index contributed by atoms with van der Waals surface area (Å²) in [5, 5.41) is 3.03. The van der Waals surface area contributed by atoms with Gasteiger partial charge in [-0.05, 0) is 56.7 Å². The van der Waals surface area contributed by atoms with Crippen LogP contribution in [-0.2, 0) is 4.79 Å². The Kier molecular flexibility index (Phi) is 8.43. The summed E-state index contributed by atoms with van der Waals surface area (Å²) in [4.78, 5) is 18.7. The number of aliphatic imine (C=N–C) groups is 1. The molecule has 1 aliphatic rings. The second-order valence-corrected chi connectivity index (χ2v) is 7.30. The SMILES string of the molecule is CCOc1ccc(C(C)NC(=O)CCCN=C(N)N2CCC(C)CC2)cc1. The largest absolute Gasteiger partial charge is 0.494 e. The topological polar surface area (TPSA) is 79.9 Å². The minimum absolute atomic E-state index is 0.0305. The van der Waals surface area contributed by atoms with Crippen LogP contribution in [0.5, 0.6) is 5.75 Å². The van der Waals surface area contributed by atoms with Crippen LogP contribution in [0.4, 0.5) is 0 Å². The number of rotatable bonds is 8. The Morgan fingerprint density at radius 3 is 2.63 bits per heavy atom. The van der Waals surface area contributed by atoms with Gasteiger partial charge in [0, 0.05) is 26.1 Å². The number of piperidine rings is 1. The highest BCUT2D eigenvalue weighted by Gasteiger charge is 2.16. The molecule has 1 atom stereocenters. The molecule has 0 aromatic heterocycles. The van der Waals surface area contributed by atoms with E-state index in [0.29, 0.717) is 32.0 Å². The van der Waals surface area contributed by atoms with Crippen molar-refractivity contribution in [2.75, 3.05) is 26.2 Å². The smallest absolute Gasteiger partial charge is 0.220 e. The van der Waals surface area contributed by atoms with Gasteiger partial charge in [0.2, 0.25) is 5.91 Å². The zero-order valence-electron chi connectivity index (χ0n) is 16.9. The zero-order chi connectivity index (χ0) is 19.6. The molecular formula is C21H34N4O2. The lowest BCUT2D eigenvalue weighted by atomic mass is 10.00. The normalized spacial score (nSPS) is 16.9. The quantitative estimate of drug-likeness (QED) is 0.416. The molecule has 1 fully saturated rings. The molecular weight excluding hydrogens is 340 g/mol. The fourth-order valence-electron chi connectivity index (χ4n) is 3.19. The Morgan fingerprint density at radius 1 is 1.33 bits per heavy atom. The predicted molar refractivity (Wildman–Crippen MR) is 110 cm³/mol. The number of carbonyl (C=O) groups excluding carboxylic acids is 1. The Morgan fingerprint density at radius 2 is 2.00 bits per heavy atom. The molecule has 1 aromatic carbocycles. The molecule has 0 radical (unpaired) electrons. The van der Waals surface area contributed by atoms with Crippen LogP contribution in [0.25, 0.3) is 0 Å². The number of benzene rings is 1. The second kappa shape index (κ2) is 10.8. The van der Waals surface area contributed by atoms with E-state index in [1.54, 1.807) is 0 Å². The highest BCUT2D eigenvalue weighted by Crippen LogP contribution is 2.18. The van der Waals surface area contributed by atoms with Crippen LogP contribution >= 0.6 is 0 Å². The van der Waals surface area contributed by atoms with Crippen molar-refractivity contribution >= 4 is 11.9 Å². The third kappa shape index (κ3) is 7.12. The Labute approximate surface area is 163 Å². The first-order valence-corrected chi connectivity index (χ1v) is 10.1. The summed E-state index contributed by atoms with van der Waals surface area (Å²) in [5.74, 6) is 2.27. The van der Waals surface area contributed by atoms with Gasteiger partial charge < -0.3 is 20.7 Å². The van der Waals surface area contributed by atoms with Gasteiger partial charge in [-0.3, -0.25) is 9.79 Å². The molecule has 6 heteroatoms. The molecule has 1 aliphatic heterocycles. The van der Waals surface area contributed by atoms with Crippen LogP contribution in [0.15, 0.2) is 29.3 Å². The van der Waals surface area contributed by atoms with Gasteiger partial charge in [-0.25, -0.2) is 0 Å². The van der Waals surface area contributed by atoms with Crippen molar-refractivity contribution < 1.29 is 9.53 Å². The van der Waals surface area contributed by atoms with Gasteiger partial charge in [0.25, 0.3) is 0 Å². The van der Waals surface area contributed by atoms with Crippen molar-refractivity contribution in [3.8, 4) is 5.75 Å². The number of nitrogens with two attached hydrogens (primary N) is 1. The molecule has 2 rings (SSSR count). The lowest BCUT2D eigenvalue weighted by molar-refractivity contribution is -0.121. The van der Waals surface area contributed by atoms with Crippen LogP contribution < -0.4 is 15.8 Å². The molecule has 1 heterocycles. The van der Waals surface area contributed by atoms with E-state index in [2.05, 4.69) is 22.1 Å². The number of ether oxygens (including phenoxy) is 1. The Hall–Kier alpha value is -2.24. The van der Waals surface area contributed by atoms with Crippen LogP contribution in [0.3, 0.4) is 0 Å². The zero-order valence-corrected chi connectivity index (χ0v) is 16.9. The first-order chi connectivity index (χ1) is 13.0. The molecule has 1 unspecified atom stereocenters. The summed E-state index contributed by atoms with van der Waals surface area (Å²) in [5.41, 5.74) is 7.13. The number of guanidine groups is 1. The minimum atomic E-state index is -0.0305.